The molecule has 0 atom stereocenters. The van der Waals surface area contributed by atoms with Crippen LogP contribution in [-0.2, 0) is 6.42 Å². The quantitative estimate of drug-likeness (QED) is 0.682. The van der Waals surface area contributed by atoms with Crippen molar-refractivity contribution in [3.05, 3.63) is 75.2 Å². The summed E-state index contributed by atoms with van der Waals surface area (Å²) < 4.78 is 28.5. The number of nitrogens with zero attached hydrogens (tertiary/aromatic N) is 2. The lowest BCUT2D eigenvalue weighted by atomic mass is 10.1. The molecule has 0 bridgehead atoms. The van der Waals surface area contributed by atoms with Gasteiger partial charge in [-0.25, -0.2) is 0 Å². The van der Waals surface area contributed by atoms with Gasteiger partial charge in [0.1, 0.15) is 11.4 Å². The summed E-state index contributed by atoms with van der Waals surface area (Å²) in [7, 11) is 0. The van der Waals surface area contributed by atoms with Crippen LogP contribution < -0.4 is 15.6 Å². The van der Waals surface area contributed by atoms with E-state index in [1.807, 2.05) is 0 Å². The molecule has 3 aromatic rings. The number of aromatic amines is 1. The van der Waals surface area contributed by atoms with Crippen LogP contribution in [0.15, 0.2) is 53.3 Å². The molecule has 6 nitrogen and oxygen atoms in total. The molecule has 0 aliphatic heterocycles. The number of alkyl halides is 2. The lowest BCUT2D eigenvalue weighted by Crippen LogP contribution is -2.18. The minimum Gasteiger partial charge on any atom is -0.435 e. The van der Waals surface area contributed by atoms with Gasteiger partial charge in [-0.1, -0.05) is 23.7 Å². The van der Waals surface area contributed by atoms with Gasteiger partial charge in [0.2, 0.25) is 5.95 Å². The molecule has 0 unspecified atom stereocenters. The lowest BCUT2D eigenvalue weighted by molar-refractivity contribution is -0.0498. The first-order chi connectivity index (χ1) is 12.5. The molecular weight excluding hydrogens is 366 g/mol. The first-order valence-corrected chi connectivity index (χ1v) is 7.89. The van der Waals surface area contributed by atoms with Crippen molar-refractivity contribution in [3.63, 3.8) is 0 Å². The fraction of sp³-hybridized carbons (Fsp3) is 0.118. The van der Waals surface area contributed by atoms with Crippen molar-refractivity contribution in [2.24, 2.45) is 0 Å². The number of H-pyrrole nitrogens is 1. The standard InChI is InChI=1S/C17H13ClF2N4O2/c18-11-3-1-10(2-4-11)9-14-15(25)22-17(24-23-14)21-12-5-7-13(8-6-12)26-16(19)20/h1-8,16H,9H2,(H2,21,22,24,25). The predicted molar refractivity (Wildman–Crippen MR) is 93.3 cm³/mol. The Morgan fingerprint density at radius 1 is 1.08 bits per heavy atom. The Kier molecular flexibility index (Phi) is 5.43. The molecule has 0 spiro atoms. The summed E-state index contributed by atoms with van der Waals surface area (Å²) in [6.45, 7) is -2.88. The van der Waals surface area contributed by atoms with Gasteiger partial charge in [-0.05, 0) is 42.0 Å². The van der Waals surface area contributed by atoms with Crippen LogP contribution in [-0.4, -0.2) is 21.8 Å². The molecule has 0 saturated carbocycles. The molecule has 0 aliphatic rings. The Balaban J connectivity index is 1.69. The average Bonchev–Trinajstić information content (AvgIpc) is 2.60. The van der Waals surface area contributed by atoms with Crippen LogP contribution in [0.5, 0.6) is 5.75 Å². The molecule has 134 valence electrons. The number of benzene rings is 2. The van der Waals surface area contributed by atoms with E-state index < -0.39 is 6.61 Å². The molecule has 3 rings (SSSR count). The third-order valence-electron chi connectivity index (χ3n) is 3.39. The van der Waals surface area contributed by atoms with E-state index >= 15 is 0 Å². The van der Waals surface area contributed by atoms with Gasteiger partial charge >= 0.3 is 6.61 Å². The molecular formula is C17H13ClF2N4O2. The number of hydrogen-bond donors (Lipinski definition) is 2. The van der Waals surface area contributed by atoms with E-state index in [0.717, 1.165) is 5.56 Å². The Hall–Kier alpha value is -3.00. The van der Waals surface area contributed by atoms with Crippen molar-refractivity contribution in [1.29, 1.82) is 0 Å². The van der Waals surface area contributed by atoms with Gasteiger partial charge in [-0.2, -0.15) is 8.78 Å². The second-order valence-electron chi connectivity index (χ2n) is 5.28. The first-order valence-electron chi connectivity index (χ1n) is 7.52. The highest BCUT2D eigenvalue weighted by atomic mass is 35.5. The zero-order valence-corrected chi connectivity index (χ0v) is 14.0. The minimum absolute atomic E-state index is 0.0310. The van der Waals surface area contributed by atoms with Crippen molar-refractivity contribution in [2.75, 3.05) is 5.32 Å². The van der Waals surface area contributed by atoms with Crippen LogP contribution in [0.2, 0.25) is 5.02 Å². The van der Waals surface area contributed by atoms with Crippen LogP contribution in [0.3, 0.4) is 0 Å². The van der Waals surface area contributed by atoms with Crippen molar-refractivity contribution >= 4 is 23.2 Å². The second kappa shape index (κ2) is 7.92. The molecule has 2 N–H and O–H groups in total. The van der Waals surface area contributed by atoms with Gasteiger partial charge in [-0.15, -0.1) is 10.2 Å². The van der Waals surface area contributed by atoms with E-state index in [9.17, 15) is 13.6 Å². The Morgan fingerprint density at radius 3 is 2.38 bits per heavy atom. The Labute approximate surface area is 151 Å². The summed E-state index contributed by atoms with van der Waals surface area (Å²) >= 11 is 5.83. The summed E-state index contributed by atoms with van der Waals surface area (Å²) in [5.74, 6) is 0.167. The van der Waals surface area contributed by atoms with Gasteiger partial charge in [0.25, 0.3) is 5.56 Å². The molecule has 26 heavy (non-hydrogen) atoms. The molecule has 9 heteroatoms. The zero-order chi connectivity index (χ0) is 18.5. The van der Waals surface area contributed by atoms with E-state index in [-0.39, 0.29) is 23.0 Å². The molecule has 1 heterocycles. The highest BCUT2D eigenvalue weighted by molar-refractivity contribution is 6.30. The third-order valence-corrected chi connectivity index (χ3v) is 3.64. The fourth-order valence-corrected chi connectivity index (χ4v) is 2.31. The SMILES string of the molecule is O=c1[nH]c(Nc2ccc(OC(F)F)cc2)nnc1Cc1ccc(Cl)cc1. The number of halogens is 3. The smallest absolute Gasteiger partial charge is 0.387 e. The Bertz CT molecular complexity index is 931. The van der Waals surface area contributed by atoms with Gasteiger partial charge in [0.15, 0.2) is 0 Å². The van der Waals surface area contributed by atoms with Crippen LogP contribution >= 0.6 is 11.6 Å². The normalized spacial score (nSPS) is 10.8. The fourth-order valence-electron chi connectivity index (χ4n) is 2.18. The van der Waals surface area contributed by atoms with E-state index in [1.54, 1.807) is 24.3 Å². The van der Waals surface area contributed by atoms with E-state index in [2.05, 4.69) is 25.2 Å². The number of aromatic nitrogens is 3. The van der Waals surface area contributed by atoms with E-state index in [4.69, 9.17) is 11.6 Å². The maximum atomic E-state index is 12.1. The molecule has 0 saturated heterocycles. The van der Waals surface area contributed by atoms with Crippen LogP contribution in [0.25, 0.3) is 0 Å². The van der Waals surface area contributed by atoms with Gasteiger partial charge in [-0.3, -0.25) is 9.78 Å². The summed E-state index contributed by atoms with van der Waals surface area (Å²) in [5, 5.41) is 11.3. The van der Waals surface area contributed by atoms with Crippen molar-refractivity contribution in [3.8, 4) is 5.75 Å². The Morgan fingerprint density at radius 2 is 1.77 bits per heavy atom. The minimum atomic E-state index is -2.88. The number of rotatable bonds is 6. The number of anilines is 2. The van der Waals surface area contributed by atoms with Crippen LogP contribution in [0.1, 0.15) is 11.3 Å². The molecule has 0 radical (unpaired) electrons. The van der Waals surface area contributed by atoms with E-state index in [0.29, 0.717) is 17.1 Å². The zero-order valence-electron chi connectivity index (χ0n) is 13.2. The number of hydrogen-bond acceptors (Lipinski definition) is 5. The third kappa shape index (κ3) is 4.76. The maximum absolute atomic E-state index is 12.1. The number of nitrogens with one attached hydrogen (secondary N) is 2. The predicted octanol–water partition coefficient (Wildman–Crippen LogP) is 3.75. The summed E-state index contributed by atoms with van der Waals surface area (Å²) in [6.07, 6.45) is 0.319. The second-order valence-corrected chi connectivity index (χ2v) is 5.72. The summed E-state index contributed by atoms with van der Waals surface area (Å²) in [5.41, 5.74) is 1.29. The molecule has 0 aliphatic carbocycles. The topological polar surface area (TPSA) is 79.9 Å². The first kappa shape index (κ1) is 17.8. The van der Waals surface area contributed by atoms with Gasteiger partial charge in [0.05, 0.1) is 0 Å². The molecule has 0 fully saturated rings. The highest BCUT2D eigenvalue weighted by Crippen LogP contribution is 2.19. The van der Waals surface area contributed by atoms with Crippen molar-refractivity contribution in [1.82, 2.24) is 15.2 Å². The summed E-state index contributed by atoms with van der Waals surface area (Å²) in [6, 6.07) is 12.8. The van der Waals surface area contributed by atoms with Gasteiger partial charge < -0.3 is 10.1 Å². The lowest BCUT2D eigenvalue weighted by Gasteiger charge is -2.07. The van der Waals surface area contributed by atoms with Crippen LogP contribution in [0, 0.1) is 0 Å². The number of ether oxygens (including phenoxy) is 1. The maximum Gasteiger partial charge on any atom is 0.387 e. The molecule has 2 aromatic carbocycles. The largest absolute Gasteiger partial charge is 0.435 e. The van der Waals surface area contributed by atoms with Crippen LogP contribution in [0.4, 0.5) is 20.4 Å². The monoisotopic (exact) mass is 378 g/mol. The summed E-state index contributed by atoms with van der Waals surface area (Å²) in [4.78, 5) is 14.7. The highest BCUT2D eigenvalue weighted by Gasteiger charge is 2.08. The van der Waals surface area contributed by atoms with Crippen molar-refractivity contribution < 1.29 is 13.5 Å². The van der Waals surface area contributed by atoms with E-state index in [1.165, 1.54) is 24.3 Å². The van der Waals surface area contributed by atoms with Gasteiger partial charge in [0, 0.05) is 17.1 Å². The van der Waals surface area contributed by atoms with Crippen molar-refractivity contribution in [2.45, 2.75) is 13.0 Å². The molecule has 1 aromatic heterocycles. The average molecular weight is 379 g/mol. The molecule has 0 amide bonds.